The summed E-state index contributed by atoms with van der Waals surface area (Å²) in [5, 5.41) is 7.08. The van der Waals surface area contributed by atoms with Crippen LogP contribution >= 0.6 is 0 Å². The van der Waals surface area contributed by atoms with Crippen molar-refractivity contribution in [3.8, 4) is 11.6 Å². The average Bonchev–Trinajstić information content (AvgIpc) is 3.00. The van der Waals surface area contributed by atoms with Gasteiger partial charge >= 0.3 is 5.69 Å². The monoisotopic (exact) mass is 403 g/mol. The first-order valence-corrected chi connectivity index (χ1v) is 9.46. The van der Waals surface area contributed by atoms with Crippen molar-refractivity contribution in [1.29, 1.82) is 0 Å². The van der Waals surface area contributed by atoms with Crippen LogP contribution in [-0.4, -0.2) is 25.1 Å². The van der Waals surface area contributed by atoms with Gasteiger partial charge in [0.05, 0.1) is 0 Å². The number of carbonyl (C=O) groups is 1. The maximum Gasteiger partial charge on any atom is 0.351 e. The first kappa shape index (κ1) is 19.4. The van der Waals surface area contributed by atoms with Crippen LogP contribution in [0, 0.1) is 20.8 Å². The van der Waals surface area contributed by atoms with Gasteiger partial charge in [-0.25, -0.2) is 18.9 Å². The minimum Gasteiger partial charge on any atom is -0.436 e. The third-order valence-electron chi connectivity index (χ3n) is 4.59. The number of aryl methyl sites for hydroxylation is 3. The summed E-state index contributed by atoms with van der Waals surface area (Å²) in [6.07, 6.45) is 2.96. The predicted molar refractivity (Wildman–Crippen MR) is 113 cm³/mol. The summed E-state index contributed by atoms with van der Waals surface area (Å²) in [5.41, 5.74) is 3.52. The molecule has 0 aliphatic heterocycles. The summed E-state index contributed by atoms with van der Waals surface area (Å²) in [5.74, 6) is 0.449. The zero-order chi connectivity index (χ0) is 21.3. The molecule has 8 nitrogen and oxygen atoms in total. The fourth-order valence-corrected chi connectivity index (χ4v) is 3.24. The molecule has 0 aliphatic rings. The molecule has 0 saturated carbocycles. The molecule has 2 aromatic carbocycles. The van der Waals surface area contributed by atoms with E-state index in [1.54, 1.807) is 6.07 Å². The van der Waals surface area contributed by atoms with Gasteiger partial charge in [-0.3, -0.25) is 4.79 Å². The summed E-state index contributed by atoms with van der Waals surface area (Å²) in [6.45, 7) is 5.62. The molecule has 30 heavy (non-hydrogen) atoms. The Labute approximate surface area is 172 Å². The maximum atomic E-state index is 12.7. The Morgan fingerprint density at radius 2 is 1.83 bits per heavy atom. The van der Waals surface area contributed by atoms with E-state index in [1.165, 1.54) is 16.8 Å². The number of rotatable bonds is 5. The van der Waals surface area contributed by atoms with Gasteiger partial charge in [0, 0.05) is 18.1 Å². The minimum atomic E-state index is -0.447. The predicted octanol–water partition coefficient (Wildman–Crippen LogP) is 3.25. The summed E-state index contributed by atoms with van der Waals surface area (Å²) < 4.78 is 8.30. The largest absolute Gasteiger partial charge is 0.436 e. The Kier molecular flexibility index (Phi) is 5.05. The lowest BCUT2D eigenvalue weighted by Crippen LogP contribution is -2.28. The van der Waals surface area contributed by atoms with E-state index in [9.17, 15) is 9.59 Å². The van der Waals surface area contributed by atoms with Gasteiger partial charge in [0.25, 0.3) is 5.88 Å². The molecule has 0 atom stereocenters. The number of anilines is 1. The summed E-state index contributed by atoms with van der Waals surface area (Å²) in [4.78, 5) is 29.4. The second-order valence-corrected chi connectivity index (χ2v) is 7.15. The Morgan fingerprint density at radius 1 is 1.10 bits per heavy atom. The number of amides is 1. The normalized spacial score (nSPS) is 10.9. The standard InChI is InChI=1S/C22H21N5O3/c1-14-10-15(2)12-17(11-14)30-21-20-25-27(22(29)26(20)9-8-23-21)13-19(28)24-18-7-5-4-6-16(18)3/h4-12H,13H2,1-3H3,(H,24,28). The third kappa shape index (κ3) is 3.93. The van der Waals surface area contributed by atoms with Crippen LogP contribution in [-0.2, 0) is 11.3 Å². The molecule has 2 aromatic heterocycles. The zero-order valence-electron chi connectivity index (χ0n) is 16.9. The van der Waals surface area contributed by atoms with E-state index < -0.39 is 5.69 Å². The molecule has 0 radical (unpaired) electrons. The molecule has 1 N–H and O–H groups in total. The number of fused-ring (bicyclic) bond motifs is 1. The molecular formula is C22H21N5O3. The van der Waals surface area contributed by atoms with Gasteiger partial charge in [0.1, 0.15) is 12.3 Å². The third-order valence-corrected chi connectivity index (χ3v) is 4.59. The summed E-state index contributed by atoms with van der Waals surface area (Å²) in [7, 11) is 0. The molecule has 2 heterocycles. The number of para-hydroxylation sites is 1. The molecule has 4 aromatic rings. The van der Waals surface area contributed by atoms with Crippen molar-refractivity contribution in [3.05, 3.63) is 82.0 Å². The van der Waals surface area contributed by atoms with Crippen LogP contribution < -0.4 is 15.7 Å². The van der Waals surface area contributed by atoms with Crippen LogP contribution in [0.25, 0.3) is 5.65 Å². The minimum absolute atomic E-state index is 0.192. The molecule has 0 saturated heterocycles. The Hall–Kier alpha value is -3.94. The molecule has 0 unspecified atom stereocenters. The molecule has 8 heteroatoms. The van der Waals surface area contributed by atoms with Crippen LogP contribution in [0.5, 0.6) is 11.6 Å². The van der Waals surface area contributed by atoms with Gasteiger partial charge in [-0.05, 0) is 55.7 Å². The molecule has 0 spiro atoms. The molecule has 0 aliphatic carbocycles. The average molecular weight is 403 g/mol. The highest BCUT2D eigenvalue weighted by Crippen LogP contribution is 2.24. The molecule has 0 fully saturated rings. The lowest BCUT2D eigenvalue weighted by molar-refractivity contribution is -0.117. The van der Waals surface area contributed by atoms with E-state index in [1.807, 2.05) is 57.2 Å². The lowest BCUT2D eigenvalue weighted by Gasteiger charge is -2.07. The fourth-order valence-electron chi connectivity index (χ4n) is 3.24. The van der Waals surface area contributed by atoms with E-state index in [2.05, 4.69) is 15.4 Å². The van der Waals surface area contributed by atoms with Crippen molar-refractivity contribution in [2.75, 3.05) is 5.32 Å². The van der Waals surface area contributed by atoms with Crippen LogP contribution in [0.2, 0.25) is 0 Å². The van der Waals surface area contributed by atoms with Crippen molar-refractivity contribution in [2.24, 2.45) is 0 Å². The number of ether oxygens (including phenoxy) is 1. The highest BCUT2D eigenvalue weighted by molar-refractivity contribution is 5.91. The van der Waals surface area contributed by atoms with Gasteiger partial charge in [0.2, 0.25) is 11.6 Å². The number of hydrogen-bond acceptors (Lipinski definition) is 5. The number of hydrogen-bond donors (Lipinski definition) is 1. The highest BCUT2D eigenvalue weighted by Gasteiger charge is 2.16. The highest BCUT2D eigenvalue weighted by atomic mass is 16.5. The molecule has 4 rings (SSSR count). The topological polar surface area (TPSA) is 90.5 Å². The summed E-state index contributed by atoms with van der Waals surface area (Å²) >= 11 is 0. The van der Waals surface area contributed by atoms with Crippen molar-refractivity contribution < 1.29 is 9.53 Å². The van der Waals surface area contributed by atoms with E-state index >= 15 is 0 Å². The van der Waals surface area contributed by atoms with Crippen molar-refractivity contribution in [1.82, 2.24) is 19.2 Å². The molecular weight excluding hydrogens is 382 g/mol. The van der Waals surface area contributed by atoms with Crippen molar-refractivity contribution in [2.45, 2.75) is 27.3 Å². The van der Waals surface area contributed by atoms with E-state index in [0.29, 0.717) is 11.4 Å². The Morgan fingerprint density at radius 3 is 2.57 bits per heavy atom. The Balaban J connectivity index is 1.62. The fraction of sp³-hybridized carbons (Fsp3) is 0.182. The van der Waals surface area contributed by atoms with Gasteiger partial charge < -0.3 is 10.1 Å². The second kappa shape index (κ2) is 7.82. The number of aromatic nitrogens is 4. The first-order chi connectivity index (χ1) is 14.4. The lowest BCUT2D eigenvalue weighted by atomic mass is 10.1. The number of nitrogens with zero attached hydrogens (tertiary/aromatic N) is 4. The van der Waals surface area contributed by atoms with Gasteiger partial charge in [-0.1, -0.05) is 24.3 Å². The first-order valence-electron chi connectivity index (χ1n) is 9.46. The SMILES string of the molecule is Cc1cc(C)cc(Oc2nccn3c(=O)n(CC(=O)Nc4ccccc4C)nc23)c1. The molecule has 1 amide bonds. The van der Waals surface area contributed by atoms with Crippen LogP contribution in [0.15, 0.2) is 59.7 Å². The number of benzene rings is 2. The zero-order valence-corrected chi connectivity index (χ0v) is 16.9. The molecule has 0 bridgehead atoms. The van der Waals surface area contributed by atoms with Crippen LogP contribution in [0.3, 0.4) is 0 Å². The number of carbonyl (C=O) groups excluding carboxylic acids is 1. The van der Waals surface area contributed by atoms with Crippen molar-refractivity contribution in [3.63, 3.8) is 0 Å². The second-order valence-electron chi connectivity index (χ2n) is 7.15. The van der Waals surface area contributed by atoms with Gasteiger partial charge in [0.15, 0.2) is 0 Å². The van der Waals surface area contributed by atoms with E-state index in [-0.39, 0.29) is 24.0 Å². The van der Waals surface area contributed by atoms with Gasteiger partial charge in [-0.15, -0.1) is 5.10 Å². The smallest absolute Gasteiger partial charge is 0.351 e. The van der Waals surface area contributed by atoms with E-state index in [4.69, 9.17) is 4.74 Å². The maximum absolute atomic E-state index is 12.7. The van der Waals surface area contributed by atoms with E-state index in [0.717, 1.165) is 21.4 Å². The summed E-state index contributed by atoms with van der Waals surface area (Å²) in [6, 6.07) is 13.2. The number of nitrogens with one attached hydrogen (secondary N) is 1. The van der Waals surface area contributed by atoms with Gasteiger partial charge in [-0.2, -0.15) is 0 Å². The molecule has 152 valence electrons. The van der Waals surface area contributed by atoms with Crippen LogP contribution in [0.4, 0.5) is 5.69 Å². The van der Waals surface area contributed by atoms with Crippen molar-refractivity contribution >= 4 is 17.2 Å². The quantitative estimate of drug-likeness (QED) is 0.552. The van der Waals surface area contributed by atoms with Crippen LogP contribution in [0.1, 0.15) is 16.7 Å². The Bertz CT molecular complexity index is 1290.